The molecule has 0 aliphatic heterocycles. The molecule has 0 aliphatic rings. The van der Waals surface area contributed by atoms with Crippen molar-refractivity contribution in [3.63, 3.8) is 0 Å². The predicted octanol–water partition coefficient (Wildman–Crippen LogP) is 3.52. The zero-order valence-electron chi connectivity index (χ0n) is 10.3. The zero-order valence-corrected chi connectivity index (χ0v) is 12.6. The molecule has 0 bridgehead atoms. The van der Waals surface area contributed by atoms with Crippen molar-refractivity contribution in [3.8, 4) is 0 Å². The maximum absolute atomic E-state index is 5.85. The molecule has 18 heavy (non-hydrogen) atoms. The summed E-state index contributed by atoms with van der Waals surface area (Å²) in [5, 5.41) is 8.07. The van der Waals surface area contributed by atoms with Crippen LogP contribution in [0.4, 0.5) is 0 Å². The monoisotopic (exact) mass is 331 g/mol. The lowest BCUT2D eigenvalue weighted by atomic mass is 10.1. The Bertz CT molecular complexity index is 504. The zero-order chi connectivity index (χ0) is 13.1. The van der Waals surface area contributed by atoms with E-state index in [4.69, 9.17) is 16.0 Å². The van der Waals surface area contributed by atoms with Crippen LogP contribution in [0.5, 0.6) is 0 Å². The molecule has 6 heteroatoms. The minimum absolute atomic E-state index is 0.0562. The van der Waals surface area contributed by atoms with Crippen LogP contribution in [-0.4, -0.2) is 16.3 Å². The molecule has 0 aromatic carbocycles. The fourth-order valence-electron chi connectivity index (χ4n) is 1.85. The van der Waals surface area contributed by atoms with Crippen LogP contribution in [0.25, 0.3) is 0 Å². The summed E-state index contributed by atoms with van der Waals surface area (Å²) in [6, 6.07) is 3.58. The highest BCUT2D eigenvalue weighted by molar-refractivity contribution is 9.10. The van der Waals surface area contributed by atoms with Crippen molar-refractivity contribution in [3.05, 3.63) is 39.5 Å². The Morgan fingerprint density at radius 1 is 1.56 bits per heavy atom. The fourth-order valence-corrected chi connectivity index (χ4v) is 2.58. The molecule has 1 unspecified atom stereocenters. The largest absolute Gasteiger partial charge is 0.448 e. The highest BCUT2D eigenvalue weighted by Gasteiger charge is 2.23. The van der Waals surface area contributed by atoms with Crippen LogP contribution >= 0.6 is 27.5 Å². The van der Waals surface area contributed by atoms with Crippen molar-refractivity contribution in [2.75, 3.05) is 6.54 Å². The molecule has 0 amide bonds. The minimum atomic E-state index is -0.0562. The van der Waals surface area contributed by atoms with Gasteiger partial charge in [-0.05, 0) is 52.6 Å². The number of aromatic nitrogens is 2. The predicted molar refractivity (Wildman–Crippen MR) is 74.8 cm³/mol. The molecule has 1 N–H and O–H groups in total. The van der Waals surface area contributed by atoms with Crippen molar-refractivity contribution < 1.29 is 4.42 Å². The van der Waals surface area contributed by atoms with E-state index >= 15 is 0 Å². The molecule has 2 rings (SSSR count). The molecule has 0 saturated carbocycles. The van der Waals surface area contributed by atoms with Gasteiger partial charge in [0, 0.05) is 7.05 Å². The SMILES string of the molecule is CCCNC(c1ccc(Cl)o1)c1c(Br)cnn1C. The van der Waals surface area contributed by atoms with Crippen LogP contribution in [0, 0.1) is 0 Å². The van der Waals surface area contributed by atoms with E-state index in [9.17, 15) is 0 Å². The number of nitrogens with one attached hydrogen (secondary N) is 1. The topological polar surface area (TPSA) is 43.0 Å². The summed E-state index contributed by atoms with van der Waals surface area (Å²) in [7, 11) is 1.91. The van der Waals surface area contributed by atoms with Gasteiger partial charge in [-0.1, -0.05) is 6.92 Å². The smallest absolute Gasteiger partial charge is 0.193 e. The Morgan fingerprint density at radius 3 is 2.83 bits per heavy atom. The van der Waals surface area contributed by atoms with E-state index in [1.165, 1.54) is 0 Å². The van der Waals surface area contributed by atoms with Gasteiger partial charge in [0.25, 0.3) is 0 Å². The van der Waals surface area contributed by atoms with Crippen LogP contribution < -0.4 is 5.32 Å². The number of aryl methyl sites for hydroxylation is 1. The van der Waals surface area contributed by atoms with Gasteiger partial charge in [0.05, 0.1) is 16.4 Å². The average Bonchev–Trinajstić information content (AvgIpc) is 2.90. The fraction of sp³-hybridized carbons (Fsp3) is 0.417. The highest BCUT2D eigenvalue weighted by Crippen LogP contribution is 2.30. The maximum Gasteiger partial charge on any atom is 0.193 e. The van der Waals surface area contributed by atoms with Crippen molar-refractivity contribution in [1.29, 1.82) is 0 Å². The second-order valence-electron chi connectivity index (χ2n) is 4.03. The molecule has 0 aliphatic carbocycles. The molecule has 98 valence electrons. The molecule has 4 nitrogen and oxygen atoms in total. The van der Waals surface area contributed by atoms with Crippen molar-refractivity contribution in [2.45, 2.75) is 19.4 Å². The van der Waals surface area contributed by atoms with E-state index < -0.39 is 0 Å². The Hall–Kier alpha value is -0.780. The number of hydrogen-bond acceptors (Lipinski definition) is 3. The lowest BCUT2D eigenvalue weighted by Gasteiger charge is -2.17. The van der Waals surface area contributed by atoms with E-state index in [2.05, 4.69) is 33.3 Å². The van der Waals surface area contributed by atoms with Crippen LogP contribution in [-0.2, 0) is 7.05 Å². The highest BCUT2D eigenvalue weighted by atomic mass is 79.9. The average molecular weight is 333 g/mol. The van der Waals surface area contributed by atoms with Gasteiger partial charge in [-0.3, -0.25) is 4.68 Å². The standard InChI is InChI=1S/C12H15BrClN3O/c1-3-6-15-11(9-4-5-10(14)18-9)12-8(13)7-16-17(12)2/h4-5,7,11,15H,3,6H2,1-2H3. The number of rotatable bonds is 5. The van der Waals surface area contributed by atoms with E-state index in [-0.39, 0.29) is 6.04 Å². The van der Waals surface area contributed by atoms with E-state index in [0.29, 0.717) is 5.22 Å². The minimum Gasteiger partial charge on any atom is -0.448 e. The number of hydrogen-bond donors (Lipinski definition) is 1. The third-order valence-corrected chi connectivity index (χ3v) is 3.50. The molecular formula is C12H15BrClN3O. The van der Waals surface area contributed by atoms with Gasteiger partial charge in [-0.2, -0.15) is 5.10 Å². The van der Waals surface area contributed by atoms with Gasteiger partial charge in [0.15, 0.2) is 5.22 Å². The van der Waals surface area contributed by atoms with Gasteiger partial charge >= 0.3 is 0 Å². The number of halogens is 2. The Kier molecular flexibility index (Phi) is 4.48. The summed E-state index contributed by atoms with van der Waals surface area (Å²) in [4.78, 5) is 0. The quantitative estimate of drug-likeness (QED) is 0.911. The van der Waals surface area contributed by atoms with Gasteiger partial charge in [-0.15, -0.1) is 0 Å². The van der Waals surface area contributed by atoms with Gasteiger partial charge in [-0.25, -0.2) is 0 Å². The summed E-state index contributed by atoms with van der Waals surface area (Å²) in [5.41, 5.74) is 1.02. The lowest BCUT2D eigenvalue weighted by molar-refractivity contribution is 0.432. The van der Waals surface area contributed by atoms with Crippen LogP contribution in [0.15, 0.2) is 27.2 Å². The van der Waals surface area contributed by atoms with Crippen LogP contribution in [0.1, 0.15) is 30.8 Å². The first-order chi connectivity index (χ1) is 8.63. The molecule has 2 aromatic heterocycles. The summed E-state index contributed by atoms with van der Waals surface area (Å²) in [5.74, 6) is 0.790. The third-order valence-electron chi connectivity index (χ3n) is 2.69. The van der Waals surface area contributed by atoms with Crippen molar-refractivity contribution in [2.24, 2.45) is 7.05 Å². The molecule has 0 saturated heterocycles. The Labute approximate surface area is 119 Å². The van der Waals surface area contributed by atoms with E-state index in [0.717, 1.165) is 28.9 Å². The van der Waals surface area contributed by atoms with Gasteiger partial charge < -0.3 is 9.73 Å². The third kappa shape index (κ3) is 2.79. The van der Waals surface area contributed by atoms with Gasteiger partial charge in [0.1, 0.15) is 11.8 Å². The first-order valence-corrected chi connectivity index (χ1v) is 6.96. The molecule has 0 radical (unpaired) electrons. The normalized spacial score (nSPS) is 12.9. The van der Waals surface area contributed by atoms with Crippen LogP contribution in [0.2, 0.25) is 5.22 Å². The summed E-state index contributed by atoms with van der Waals surface area (Å²) in [6.07, 6.45) is 2.82. The van der Waals surface area contributed by atoms with E-state index in [1.54, 1.807) is 12.3 Å². The summed E-state index contributed by atoms with van der Waals surface area (Å²) in [6.45, 7) is 3.01. The molecule has 2 aromatic rings. The molecule has 0 fully saturated rings. The van der Waals surface area contributed by atoms with E-state index in [1.807, 2.05) is 17.8 Å². The van der Waals surface area contributed by atoms with Crippen molar-refractivity contribution in [1.82, 2.24) is 15.1 Å². The first kappa shape index (κ1) is 13.6. The van der Waals surface area contributed by atoms with Crippen LogP contribution in [0.3, 0.4) is 0 Å². The first-order valence-electron chi connectivity index (χ1n) is 5.79. The summed E-state index contributed by atoms with van der Waals surface area (Å²) < 4.78 is 8.29. The molecular weight excluding hydrogens is 318 g/mol. The molecule has 2 heterocycles. The molecule has 1 atom stereocenters. The second-order valence-corrected chi connectivity index (χ2v) is 5.26. The Morgan fingerprint density at radius 2 is 2.33 bits per heavy atom. The maximum atomic E-state index is 5.85. The number of nitrogens with zero attached hydrogens (tertiary/aromatic N) is 2. The van der Waals surface area contributed by atoms with Crippen molar-refractivity contribution >= 4 is 27.5 Å². The Balaban J connectivity index is 2.36. The van der Waals surface area contributed by atoms with Gasteiger partial charge in [0.2, 0.25) is 0 Å². The lowest BCUT2D eigenvalue weighted by Crippen LogP contribution is -2.25. The molecule has 0 spiro atoms. The number of furan rings is 1. The second kappa shape index (κ2) is 5.91. The summed E-state index contributed by atoms with van der Waals surface area (Å²) >= 11 is 9.37.